The van der Waals surface area contributed by atoms with Crippen molar-refractivity contribution in [3.63, 3.8) is 0 Å². The molecule has 0 amide bonds. The number of H-pyrrole nitrogens is 1. The summed E-state index contributed by atoms with van der Waals surface area (Å²) in [5.74, 6) is 1.43. The SMILES string of the molecule is C=CCSc1nc2c(c(=O)[nH]1)C(c1cc(OC)c(OC)c(OC)c1)C1C(=O)CCC=C1N2. The van der Waals surface area contributed by atoms with Crippen molar-refractivity contribution in [1.82, 2.24) is 9.97 Å². The third kappa shape index (κ3) is 3.77. The van der Waals surface area contributed by atoms with Crippen LogP contribution in [0.25, 0.3) is 0 Å². The summed E-state index contributed by atoms with van der Waals surface area (Å²) in [6.45, 7) is 3.71. The zero-order valence-corrected chi connectivity index (χ0v) is 19.0. The van der Waals surface area contributed by atoms with E-state index >= 15 is 0 Å². The van der Waals surface area contributed by atoms with E-state index in [1.54, 1.807) is 18.2 Å². The number of rotatable bonds is 7. The van der Waals surface area contributed by atoms with Gasteiger partial charge < -0.3 is 24.5 Å². The molecule has 9 heteroatoms. The average molecular weight is 456 g/mol. The number of hydrogen-bond acceptors (Lipinski definition) is 8. The first-order valence-corrected chi connectivity index (χ1v) is 11.2. The minimum atomic E-state index is -0.547. The number of carbonyl (C=O) groups is 1. The Bertz CT molecular complexity index is 1130. The van der Waals surface area contributed by atoms with Gasteiger partial charge in [-0.15, -0.1) is 6.58 Å². The van der Waals surface area contributed by atoms with Gasteiger partial charge in [-0.25, -0.2) is 4.98 Å². The van der Waals surface area contributed by atoms with Crippen LogP contribution in [0, 0.1) is 5.92 Å². The molecular weight excluding hydrogens is 430 g/mol. The lowest BCUT2D eigenvalue weighted by Crippen LogP contribution is -2.38. The van der Waals surface area contributed by atoms with Crippen molar-refractivity contribution >= 4 is 23.4 Å². The Balaban J connectivity index is 1.95. The molecule has 1 aromatic carbocycles. The summed E-state index contributed by atoms with van der Waals surface area (Å²) in [5.41, 5.74) is 1.61. The van der Waals surface area contributed by atoms with E-state index in [1.165, 1.54) is 33.1 Å². The van der Waals surface area contributed by atoms with Gasteiger partial charge in [-0.1, -0.05) is 23.9 Å². The minimum absolute atomic E-state index is 0.0731. The summed E-state index contributed by atoms with van der Waals surface area (Å²) in [7, 11) is 4.60. The monoisotopic (exact) mass is 455 g/mol. The number of nitrogens with one attached hydrogen (secondary N) is 2. The first kappa shape index (κ1) is 22.0. The Morgan fingerprint density at radius 2 is 1.88 bits per heavy atom. The smallest absolute Gasteiger partial charge is 0.257 e. The van der Waals surface area contributed by atoms with E-state index in [4.69, 9.17) is 14.2 Å². The molecule has 2 aromatic rings. The number of carbonyl (C=O) groups excluding carboxylic acids is 1. The van der Waals surface area contributed by atoms with Gasteiger partial charge in [0.25, 0.3) is 5.56 Å². The van der Waals surface area contributed by atoms with Crippen LogP contribution in [0.4, 0.5) is 5.82 Å². The van der Waals surface area contributed by atoms with Crippen LogP contribution >= 0.6 is 11.8 Å². The number of allylic oxidation sites excluding steroid dienone is 2. The van der Waals surface area contributed by atoms with Gasteiger partial charge in [0.15, 0.2) is 16.7 Å². The predicted octanol–water partition coefficient (Wildman–Crippen LogP) is 3.49. The molecule has 0 saturated heterocycles. The molecule has 0 radical (unpaired) electrons. The van der Waals surface area contributed by atoms with Crippen molar-refractivity contribution in [1.29, 1.82) is 0 Å². The Morgan fingerprint density at radius 3 is 2.50 bits per heavy atom. The van der Waals surface area contributed by atoms with Crippen LogP contribution in [0.15, 0.2) is 46.5 Å². The summed E-state index contributed by atoms with van der Waals surface area (Å²) < 4.78 is 16.5. The topological polar surface area (TPSA) is 103 Å². The number of methoxy groups -OCH3 is 3. The Hall–Kier alpha value is -3.20. The van der Waals surface area contributed by atoms with Gasteiger partial charge in [-0.05, 0) is 24.1 Å². The average Bonchev–Trinajstić information content (AvgIpc) is 2.80. The second-order valence-corrected chi connectivity index (χ2v) is 8.45. The quantitative estimate of drug-likeness (QED) is 0.372. The Labute approximate surface area is 190 Å². The predicted molar refractivity (Wildman–Crippen MR) is 123 cm³/mol. The lowest BCUT2D eigenvalue weighted by Gasteiger charge is -2.37. The maximum absolute atomic E-state index is 13.3. The molecule has 2 unspecified atom stereocenters. The molecule has 2 atom stereocenters. The van der Waals surface area contributed by atoms with E-state index in [0.717, 1.165) is 5.70 Å². The third-order valence-electron chi connectivity index (χ3n) is 5.66. The fourth-order valence-electron chi connectivity index (χ4n) is 4.32. The van der Waals surface area contributed by atoms with E-state index in [-0.39, 0.29) is 11.3 Å². The number of anilines is 1. The molecule has 0 saturated carbocycles. The van der Waals surface area contributed by atoms with Crippen molar-refractivity contribution in [2.45, 2.75) is 23.9 Å². The molecule has 0 fully saturated rings. The first-order chi connectivity index (χ1) is 15.5. The number of aromatic nitrogens is 2. The number of hydrogen-bond donors (Lipinski definition) is 2. The summed E-state index contributed by atoms with van der Waals surface area (Å²) in [6, 6.07) is 3.58. The summed E-state index contributed by atoms with van der Waals surface area (Å²) >= 11 is 1.38. The number of nitrogens with zero attached hydrogens (tertiary/aromatic N) is 1. The van der Waals surface area contributed by atoms with Crippen molar-refractivity contribution in [3.05, 3.63) is 58.0 Å². The summed E-state index contributed by atoms with van der Waals surface area (Å²) in [5, 5.41) is 3.74. The molecule has 2 heterocycles. The van der Waals surface area contributed by atoms with Crippen LogP contribution in [-0.2, 0) is 4.79 Å². The van der Waals surface area contributed by atoms with Crippen molar-refractivity contribution in [2.75, 3.05) is 32.4 Å². The molecule has 4 rings (SSSR count). The lowest BCUT2D eigenvalue weighted by molar-refractivity contribution is -0.122. The normalized spacial score (nSPS) is 19.2. The number of fused-ring (bicyclic) bond motifs is 2. The van der Waals surface area contributed by atoms with Gasteiger partial charge in [0.05, 0.1) is 32.8 Å². The van der Waals surface area contributed by atoms with E-state index in [2.05, 4.69) is 21.9 Å². The summed E-state index contributed by atoms with van der Waals surface area (Å²) in [4.78, 5) is 33.8. The van der Waals surface area contributed by atoms with Gasteiger partial charge in [-0.2, -0.15) is 0 Å². The summed E-state index contributed by atoms with van der Waals surface area (Å²) in [6.07, 6.45) is 4.83. The number of aromatic amines is 1. The maximum Gasteiger partial charge on any atom is 0.257 e. The van der Waals surface area contributed by atoms with Gasteiger partial charge in [0.1, 0.15) is 11.6 Å². The van der Waals surface area contributed by atoms with Crippen LogP contribution in [-0.4, -0.2) is 42.8 Å². The number of benzene rings is 1. The second kappa shape index (κ2) is 9.12. The zero-order chi connectivity index (χ0) is 22.8. The molecule has 1 aliphatic heterocycles. The second-order valence-electron chi connectivity index (χ2n) is 7.44. The van der Waals surface area contributed by atoms with Crippen LogP contribution in [0.1, 0.15) is 29.9 Å². The zero-order valence-electron chi connectivity index (χ0n) is 18.2. The number of ketones is 1. The molecule has 1 aromatic heterocycles. The van der Waals surface area contributed by atoms with E-state index < -0.39 is 11.8 Å². The largest absolute Gasteiger partial charge is 0.493 e. The molecule has 1 aliphatic carbocycles. The number of Topliss-reactive ketones (excluding diaryl/α,β-unsaturated/α-hetero) is 1. The molecule has 32 heavy (non-hydrogen) atoms. The molecular formula is C23H25N3O5S. The molecule has 2 aliphatic rings. The lowest BCUT2D eigenvalue weighted by atomic mass is 9.72. The van der Waals surface area contributed by atoms with E-state index in [0.29, 0.717) is 57.9 Å². The molecule has 8 nitrogen and oxygen atoms in total. The van der Waals surface area contributed by atoms with Crippen LogP contribution in [0.3, 0.4) is 0 Å². The van der Waals surface area contributed by atoms with Crippen molar-refractivity contribution < 1.29 is 19.0 Å². The Morgan fingerprint density at radius 1 is 1.16 bits per heavy atom. The van der Waals surface area contributed by atoms with Crippen molar-refractivity contribution in [2.24, 2.45) is 5.92 Å². The maximum atomic E-state index is 13.3. The third-order valence-corrected chi connectivity index (χ3v) is 6.53. The van der Waals surface area contributed by atoms with Crippen LogP contribution < -0.4 is 25.1 Å². The first-order valence-electron chi connectivity index (χ1n) is 10.2. The number of thioether (sulfide) groups is 1. The molecule has 0 spiro atoms. The highest BCUT2D eigenvalue weighted by molar-refractivity contribution is 7.99. The van der Waals surface area contributed by atoms with Gasteiger partial charge >= 0.3 is 0 Å². The highest BCUT2D eigenvalue weighted by Gasteiger charge is 2.43. The van der Waals surface area contributed by atoms with E-state index in [1.807, 2.05) is 6.08 Å². The molecule has 168 valence electrons. The minimum Gasteiger partial charge on any atom is -0.493 e. The standard InChI is InChI=1S/C23H25N3O5S/c1-5-9-32-23-25-21-19(22(28)26-23)17(18-13(24-21)7-6-8-14(18)27)12-10-15(29-2)20(31-4)16(11-12)30-3/h5,7,10-11,17-18H,1,6,8-9H2,2-4H3,(H2,24,25,26,28). The number of ether oxygens (including phenoxy) is 3. The fraction of sp³-hybridized carbons (Fsp3) is 0.348. The van der Waals surface area contributed by atoms with Gasteiger partial charge in [0.2, 0.25) is 5.75 Å². The van der Waals surface area contributed by atoms with Crippen molar-refractivity contribution in [3.8, 4) is 17.2 Å². The van der Waals surface area contributed by atoms with Gasteiger partial charge in [-0.3, -0.25) is 9.59 Å². The van der Waals surface area contributed by atoms with Crippen LogP contribution in [0.5, 0.6) is 17.2 Å². The molecule has 2 N–H and O–H groups in total. The van der Waals surface area contributed by atoms with Crippen LogP contribution in [0.2, 0.25) is 0 Å². The molecule has 0 bridgehead atoms. The Kier molecular flexibility index (Phi) is 6.27. The van der Waals surface area contributed by atoms with Gasteiger partial charge in [0, 0.05) is 23.8 Å². The highest BCUT2D eigenvalue weighted by atomic mass is 32.2. The highest BCUT2D eigenvalue weighted by Crippen LogP contribution is 2.48. The fourth-order valence-corrected chi connectivity index (χ4v) is 4.91. The van der Waals surface area contributed by atoms with E-state index in [9.17, 15) is 9.59 Å².